The Kier molecular flexibility index (Phi) is 15.8. The van der Waals surface area contributed by atoms with E-state index < -0.39 is 58.4 Å². The molecular formula is C55H71N10O14P2+. The molecule has 0 spiro atoms. The van der Waals surface area contributed by atoms with Crippen LogP contribution in [0.25, 0.3) is 16.7 Å². The number of hydrogen-bond acceptors (Lipinski definition) is 15. The van der Waals surface area contributed by atoms with Crippen molar-refractivity contribution < 1.29 is 61.6 Å². The number of anilines is 2. The molecule has 6 atom stereocenters. The smallest absolute Gasteiger partial charge is 0.439 e. The Labute approximate surface area is 467 Å². The highest BCUT2D eigenvalue weighted by atomic mass is 31.3. The number of phosphoric acid groups is 2. The molecule has 4 aliphatic heterocycles. The number of carbonyl (C=O) groups is 3. The maximum absolute atomic E-state index is 14.8. The van der Waals surface area contributed by atoms with Crippen LogP contribution in [-0.2, 0) is 50.5 Å². The Bertz CT molecular complexity index is 3650. The molecule has 2 aromatic heterocycles. The van der Waals surface area contributed by atoms with E-state index in [1.54, 1.807) is 11.9 Å². The first-order valence-electron chi connectivity index (χ1n) is 27.4. The molecular weight excluding hydrogens is 1090 g/mol. The summed E-state index contributed by atoms with van der Waals surface area (Å²) in [6.07, 6.45) is -0.964. The predicted octanol–water partition coefficient (Wildman–Crippen LogP) is 3.33. The number of nitrogens with two attached hydrogens (primary N) is 1. The standard InChI is InChI=1S/C55H70N10O14P2/c1-8-65-39-26-38-36(25-35(39)30(2)27-54(65,3)4)42(37-24-31-14-11-22-63-23-12-17-34(45(31)63)43(37)55(38,5)6)32-15-9-10-16-33(32)50(69)62(7)21-13-18-41(66)57-19-20-58-53(70)78-47-46(67)40(28-76-81(74,75)79-80(71,72)73)77-51(47)64-29-59-44-48(64)60-52(56)61-49(44)68/h9-10,15-16,24-26,29-30,40,46-47,51,67H,8,11-14,17-23,27-28H2,1-7H3,(H7-,56,57,58,60,61,66,68,70,71,72,73,74,75)/p+1/t30?,40-,46-,47-,51-/m1/s1. The molecule has 1 aliphatic carbocycles. The van der Waals surface area contributed by atoms with Crippen LogP contribution >= 0.6 is 15.6 Å². The number of nitrogen functional groups attached to an aromatic ring is 1. The Morgan fingerprint density at radius 2 is 1.75 bits per heavy atom. The quantitative estimate of drug-likeness (QED) is 0.0376. The van der Waals surface area contributed by atoms with Crippen molar-refractivity contribution in [3.05, 3.63) is 114 Å². The van der Waals surface area contributed by atoms with Crippen molar-refractivity contribution in [2.24, 2.45) is 0 Å². The van der Waals surface area contributed by atoms with Crippen LogP contribution in [0.15, 0.2) is 53.6 Å². The molecule has 2 unspecified atom stereocenters. The lowest BCUT2D eigenvalue weighted by Crippen LogP contribution is -2.50. The normalized spacial score (nSPS) is 22.3. The monoisotopic (exact) mass is 1160 g/mol. The summed E-state index contributed by atoms with van der Waals surface area (Å²) >= 11 is 0. The molecule has 1 fully saturated rings. The second-order valence-electron chi connectivity index (χ2n) is 22.8. The van der Waals surface area contributed by atoms with E-state index in [-0.39, 0.29) is 65.9 Å². The molecule has 5 aromatic rings. The van der Waals surface area contributed by atoms with Crippen LogP contribution in [0.4, 0.5) is 16.4 Å². The lowest BCUT2D eigenvalue weighted by atomic mass is 9.64. The van der Waals surface area contributed by atoms with Gasteiger partial charge in [-0.3, -0.25) is 28.5 Å². The summed E-state index contributed by atoms with van der Waals surface area (Å²) in [5.74, 6) is -0.495. The van der Waals surface area contributed by atoms with Crippen LogP contribution in [0, 0.1) is 0 Å². The fraction of sp³-hybridized carbons (Fsp3) is 0.509. The number of ether oxygens (including phenoxy) is 2. The third-order valence-corrected chi connectivity index (χ3v) is 18.6. The van der Waals surface area contributed by atoms with Crippen molar-refractivity contribution in [1.29, 1.82) is 0 Å². The minimum absolute atomic E-state index is 0.0178. The highest BCUT2D eigenvalue weighted by Gasteiger charge is 2.50. The average molecular weight is 1160 g/mol. The Morgan fingerprint density at radius 3 is 2.49 bits per heavy atom. The van der Waals surface area contributed by atoms with Crippen molar-refractivity contribution in [1.82, 2.24) is 39.6 Å². The number of aromatic nitrogens is 4. The molecule has 0 saturated carbocycles. The van der Waals surface area contributed by atoms with Gasteiger partial charge in [0.2, 0.25) is 17.2 Å². The van der Waals surface area contributed by atoms with Crippen LogP contribution < -0.4 is 42.0 Å². The maximum atomic E-state index is 14.8. The van der Waals surface area contributed by atoms with Gasteiger partial charge < -0.3 is 55.4 Å². The second-order valence-corrected chi connectivity index (χ2v) is 25.6. The van der Waals surface area contributed by atoms with E-state index in [0.717, 1.165) is 73.8 Å². The van der Waals surface area contributed by atoms with E-state index in [1.165, 1.54) is 49.6 Å². The SMILES string of the molecule is CCN1c2cc3c(cc2C(C)CC1(C)C)C(c1ccccc1C(=O)N(C)CCCC(=O)NCCNC(=O)O[C@@H]1[C@H](O)[C@@H](COP(=O)(O)OP(=O)(O)O)O[C@H]1n1cnc2c(=O)[nH]c(N)nc21)=c1cc2c4c(c1C3(C)C)CCC[N+]=4CCC2. The Hall–Kier alpha value is -6.33. The molecule has 5 aliphatic rings. The van der Waals surface area contributed by atoms with E-state index in [4.69, 9.17) is 25.0 Å². The first kappa shape index (κ1) is 57.9. The summed E-state index contributed by atoms with van der Waals surface area (Å²) in [6, 6.07) is 15.3. The number of phosphoric ester groups is 1. The number of nitrogens with one attached hydrogen (secondary N) is 3. The van der Waals surface area contributed by atoms with Gasteiger partial charge in [-0.1, -0.05) is 39.0 Å². The number of aliphatic hydroxyl groups is 1. The van der Waals surface area contributed by atoms with Gasteiger partial charge in [-0.2, -0.15) is 9.29 Å². The molecule has 24 nitrogen and oxygen atoms in total. The molecule has 26 heteroatoms. The number of nitrogens with zero attached hydrogens (tertiary/aromatic N) is 6. The summed E-state index contributed by atoms with van der Waals surface area (Å²) < 4.78 is 46.9. The minimum atomic E-state index is -5.49. The maximum Gasteiger partial charge on any atom is 0.481 e. The number of aliphatic hydroxyl groups excluding tert-OH is 1. The first-order valence-corrected chi connectivity index (χ1v) is 30.4. The number of aromatic amines is 1. The van der Waals surface area contributed by atoms with Crippen LogP contribution in [0.1, 0.15) is 135 Å². The number of imidazole rings is 1. The number of hydrogen-bond donors (Lipinski definition) is 8. The largest absolute Gasteiger partial charge is 0.481 e. The van der Waals surface area contributed by atoms with Crippen LogP contribution in [0.3, 0.4) is 0 Å². The molecule has 3 amide bonds. The van der Waals surface area contributed by atoms with Crippen molar-refractivity contribution in [2.75, 3.05) is 63.6 Å². The van der Waals surface area contributed by atoms with E-state index in [9.17, 15) is 38.3 Å². The van der Waals surface area contributed by atoms with E-state index >= 15 is 0 Å². The highest BCUT2D eigenvalue weighted by Crippen LogP contribution is 2.58. The van der Waals surface area contributed by atoms with Crippen molar-refractivity contribution >= 4 is 61.9 Å². The average Bonchev–Trinajstić information content (AvgIpc) is 4.11. The number of carbonyl (C=O) groups excluding carboxylic acids is 3. The lowest BCUT2D eigenvalue weighted by Gasteiger charge is -2.48. The number of rotatable bonds is 17. The molecule has 0 radical (unpaired) electrons. The number of fused-ring (bicyclic) bond motifs is 5. The van der Waals surface area contributed by atoms with Crippen molar-refractivity contribution in [2.45, 2.75) is 128 Å². The van der Waals surface area contributed by atoms with Gasteiger partial charge in [-0.05, 0) is 115 Å². The van der Waals surface area contributed by atoms with E-state index in [0.29, 0.717) is 17.9 Å². The summed E-state index contributed by atoms with van der Waals surface area (Å²) in [5.41, 5.74) is 16.1. The zero-order chi connectivity index (χ0) is 58.1. The van der Waals surface area contributed by atoms with Crippen LogP contribution in [-0.4, -0.2) is 139 Å². The second kappa shape index (κ2) is 22.1. The summed E-state index contributed by atoms with van der Waals surface area (Å²) in [4.78, 5) is 96.1. The molecule has 10 rings (SSSR count). The van der Waals surface area contributed by atoms with Gasteiger partial charge in [0.25, 0.3) is 11.5 Å². The van der Waals surface area contributed by atoms with Crippen LogP contribution in [0.5, 0.6) is 0 Å². The molecule has 81 heavy (non-hydrogen) atoms. The Balaban J connectivity index is 0.819. The van der Waals surface area contributed by atoms with E-state index in [2.05, 4.69) is 110 Å². The molecule has 434 valence electrons. The van der Waals surface area contributed by atoms with Gasteiger partial charge in [0, 0.05) is 85.8 Å². The zero-order valence-corrected chi connectivity index (χ0v) is 48.2. The molecule has 9 N–H and O–H groups in total. The predicted molar refractivity (Wildman–Crippen MR) is 299 cm³/mol. The summed E-state index contributed by atoms with van der Waals surface area (Å²) in [5, 5.41) is 19.1. The zero-order valence-electron chi connectivity index (χ0n) is 46.4. The summed E-state index contributed by atoms with van der Waals surface area (Å²) in [6.45, 7) is 16.1. The number of benzene rings is 3. The van der Waals surface area contributed by atoms with Gasteiger partial charge in [0.1, 0.15) is 25.3 Å². The van der Waals surface area contributed by atoms with Gasteiger partial charge in [-0.25, -0.2) is 23.5 Å². The molecule has 0 bridgehead atoms. The first-order chi connectivity index (χ1) is 38.3. The van der Waals surface area contributed by atoms with Gasteiger partial charge in [-0.15, -0.1) is 0 Å². The fourth-order valence-electron chi connectivity index (χ4n) is 13.1. The fourth-order valence-corrected chi connectivity index (χ4v) is 14.7. The minimum Gasteiger partial charge on any atom is -0.439 e. The van der Waals surface area contributed by atoms with Gasteiger partial charge >= 0.3 is 21.7 Å². The number of H-pyrrole nitrogens is 1. The molecule has 3 aromatic carbocycles. The van der Waals surface area contributed by atoms with E-state index in [1.807, 2.05) is 18.2 Å². The highest BCUT2D eigenvalue weighted by molar-refractivity contribution is 7.60. The van der Waals surface area contributed by atoms with Crippen molar-refractivity contribution in [3.63, 3.8) is 0 Å². The Morgan fingerprint density at radius 1 is 1.02 bits per heavy atom. The summed E-state index contributed by atoms with van der Waals surface area (Å²) in [7, 11) is -9.14. The lowest BCUT2D eigenvalue weighted by molar-refractivity contribution is -0.121. The third kappa shape index (κ3) is 11.2. The third-order valence-electron chi connectivity index (χ3n) is 16.5. The topological polar surface area (TPSA) is 326 Å². The van der Waals surface area contributed by atoms with Crippen molar-refractivity contribution in [3.8, 4) is 0 Å². The number of alkyl carbamates (subject to hydrolysis) is 1. The molecule has 1 saturated heterocycles. The number of amides is 3. The number of aryl methyl sites for hydroxylation is 1. The molecule has 6 heterocycles. The van der Waals surface area contributed by atoms with Crippen LogP contribution in [0.2, 0.25) is 0 Å². The van der Waals surface area contributed by atoms with Gasteiger partial charge in [0.15, 0.2) is 23.5 Å². The van der Waals surface area contributed by atoms with Gasteiger partial charge in [0.05, 0.1) is 12.9 Å².